The molecular formula is C12H14ClNO. The minimum absolute atomic E-state index is 0.459. The normalized spacial score (nSPS) is 9.67. The fourth-order valence-corrected chi connectivity index (χ4v) is 1.31. The minimum Gasteiger partial charge on any atom is -0.269 e. The Morgan fingerprint density at radius 2 is 2.13 bits per heavy atom. The number of hydroxylamine groups is 1. The molecule has 0 aliphatic rings. The van der Waals surface area contributed by atoms with Crippen molar-refractivity contribution in [1.29, 1.82) is 0 Å². The third-order valence-corrected chi connectivity index (χ3v) is 1.97. The van der Waals surface area contributed by atoms with Crippen molar-refractivity contribution in [3.05, 3.63) is 54.6 Å². The molecule has 0 spiro atoms. The number of nitrogens with zero attached hydrogens (tertiary/aromatic N) is 1. The Morgan fingerprint density at radius 1 is 1.33 bits per heavy atom. The van der Waals surface area contributed by atoms with Gasteiger partial charge in [-0.05, 0) is 18.2 Å². The minimum atomic E-state index is 0.459. The third-order valence-electron chi connectivity index (χ3n) is 1.74. The summed E-state index contributed by atoms with van der Waals surface area (Å²) in [6, 6.07) is 7.47. The van der Waals surface area contributed by atoms with Crippen LogP contribution in [0.1, 0.15) is 0 Å². The average molecular weight is 224 g/mol. The number of hydrogen-bond acceptors (Lipinski definition) is 2. The van der Waals surface area contributed by atoms with Gasteiger partial charge in [-0.15, -0.1) is 13.2 Å². The van der Waals surface area contributed by atoms with Gasteiger partial charge < -0.3 is 0 Å². The molecule has 0 amide bonds. The lowest BCUT2D eigenvalue weighted by Crippen LogP contribution is -2.23. The molecule has 0 saturated heterocycles. The topological polar surface area (TPSA) is 12.5 Å². The zero-order valence-corrected chi connectivity index (χ0v) is 9.28. The van der Waals surface area contributed by atoms with Crippen LogP contribution in [0.15, 0.2) is 49.6 Å². The molecule has 0 heterocycles. The second kappa shape index (κ2) is 6.27. The van der Waals surface area contributed by atoms with Crippen molar-refractivity contribution in [2.75, 3.05) is 18.2 Å². The van der Waals surface area contributed by atoms with E-state index in [0.29, 0.717) is 18.2 Å². The van der Waals surface area contributed by atoms with E-state index >= 15 is 0 Å². The van der Waals surface area contributed by atoms with Gasteiger partial charge in [0.25, 0.3) is 0 Å². The molecule has 2 nitrogen and oxygen atoms in total. The van der Waals surface area contributed by atoms with E-state index in [2.05, 4.69) is 13.2 Å². The molecule has 15 heavy (non-hydrogen) atoms. The summed E-state index contributed by atoms with van der Waals surface area (Å²) in [5.41, 5.74) is 0.907. The third kappa shape index (κ3) is 3.78. The number of rotatable bonds is 6. The van der Waals surface area contributed by atoms with Gasteiger partial charge in [-0.3, -0.25) is 4.84 Å². The molecule has 0 unspecified atom stereocenters. The molecule has 0 aliphatic carbocycles. The Balaban J connectivity index is 2.77. The highest BCUT2D eigenvalue weighted by Crippen LogP contribution is 2.19. The molecule has 1 aromatic rings. The summed E-state index contributed by atoms with van der Waals surface area (Å²) in [6.07, 6.45) is 3.46. The zero-order chi connectivity index (χ0) is 11.1. The predicted molar refractivity (Wildman–Crippen MR) is 65.1 cm³/mol. The van der Waals surface area contributed by atoms with E-state index in [-0.39, 0.29) is 0 Å². The highest BCUT2D eigenvalue weighted by molar-refractivity contribution is 6.30. The van der Waals surface area contributed by atoms with E-state index in [1.165, 1.54) is 0 Å². The molecule has 1 aromatic carbocycles. The SMILES string of the molecule is C=CCON(CC=C)c1cccc(Cl)c1. The summed E-state index contributed by atoms with van der Waals surface area (Å²) in [6.45, 7) is 8.34. The number of anilines is 1. The van der Waals surface area contributed by atoms with E-state index in [9.17, 15) is 0 Å². The van der Waals surface area contributed by atoms with Gasteiger partial charge in [0.2, 0.25) is 0 Å². The van der Waals surface area contributed by atoms with Crippen molar-refractivity contribution in [3.63, 3.8) is 0 Å². The predicted octanol–water partition coefficient (Wildman–Crippen LogP) is 3.45. The lowest BCUT2D eigenvalue weighted by atomic mass is 10.3. The summed E-state index contributed by atoms with van der Waals surface area (Å²) < 4.78 is 0. The fraction of sp³-hybridized carbons (Fsp3) is 0.167. The largest absolute Gasteiger partial charge is 0.269 e. The van der Waals surface area contributed by atoms with Crippen molar-refractivity contribution in [1.82, 2.24) is 0 Å². The average Bonchev–Trinajstić information content (AvgIpc) is 2.24. The number of hydrogen-bond donors (Lipinski definition) is 0. The first kappa shape index (κ1) is 11.8. The first-order valence-corrected chi connectivity index (χ1v) is 5.03. The van der Waals surface area contributed by atoms with Gasteiger partial charge in [-0.1, -0.05) is 29.8 Å². The van der Waals surface area contributed by atoms with Crippen molar-refractivity contribution >= 4 is 17.3 Å². The van der Waals surface area contributed by atoms with Crippen LogP contribution in [-0.2, 0) is 4.84 Å². The van der Waals surface area contributed by atoms with Gasteiger partial charge in [0, 0.05) is 5.02 Å². The molecule has 0 aromatic heterocycles. The van der Waals surface area contributed by atoms with E-state index in [4.69, 9.17) is 16.4 Å². The molecule has 1 rings (SSSR count). The Kier molecular flexibility index (Phi) is 4.95. The summed E-state index contributed by atoms with van der Waals surface area (Å²) >= 11 is 5.89. The maximum Gasteiger partial charge on any atom is 0.0927 e. The standard InChI is InChI=1S/C12H14ClNO/c1-3-8-14(15-9-4-2)12-7-5-6-11(13)10-12/h3-7,10H,1-2,8-9H2. The Bertz CT molecular complexity index is 338. The van der Waals surface area contributed by atoms with E-state index < -0.39 is 0 Å². The smallest absolute Gasteiger partial charge is 0.0927 e. The molecule has 80 valence electrons. The van der Waals surface area contributed by atoms with Crippen LogP contribution in [0.2, 0.25) is 5.02 Å². The van der Waals surface area contributed by atoms with Gasteiger partial charge in [0.05, 0.1) is 18.8 Å². The van der Waals surface area contributed by atoms with Gasteiger partial charge in [-0.25, -0.2) is 5.06 Å². The Labute approximate surface area is 95.4 Å². The van der Waals surface area contributed by atoms with E-state index in [0.717, 1.165) is 5.69 Å². The van der Waals surface area contributed by atoms with Crippen LogP contribution in [-0.4, -0.2) is 13.2 Å². The van der Waals surface area contributed by atoms with Crippen LogP contribution in [0.25, 0.3) is 0 Å². The van der Waals surface area contributed by atoms with Crippen LogP contribution in [0, 0.1) is 0 Å². The summed E-state index contributed by atoms with van der Waals surface area (Å²) in [4.78, 5) is 5.46. The molecule has 0 bridgehead atoms. The lowest BCUT2D eigenvalue weighted by Gasteiger charge is -2.21. The first-order chi connectivity index (χ1) is 7.27. The molecule has 0 saturated carbocycles. The molecule has 0 fully saturated rings. The van der Waals surface area contributed by atoms with Gasteiger partial charge in [-0.2, -0.15) is 0 Å². The van der Waals surface area contributed by atoms with Gasteiger partial charge in [0.15, 0.2) is 0 Å². The van der Waals surface area contributed by atoms with Gasteiger partial charge in [0.1, 0.15) is 0 Å². The summed E-state index contributed by atoms with van der Waals surface area (Å²) in [5.74, 6) is 0. The molecule has 0 aliphatic heterocycles. The quantitative estimate of drug-likeness (QED) is 0.541. The van der Waals surface area contributed by atoms with Crippen LogP contribution < -0.4 is 5.06 Å². The van der Waals surface area contributed by atoms with Crippen LogP contribution >= 0.6 is 11.6 Å². The van der Waals surface area contributed by atoms with Gasteiger partial charge >= 0.3 is 0 Å². The highest BCUT2D eigenvalue weighted by Gasteiger charge is 2.04. The van der Waals surface area contributed by atoms with Crippen molar-refractivity contribution in [2.45, 2.75) is 0 Å². The second-order valence-electron chi connectivity index (χ2n) is 2.91. The maximum absolute atomic E-state index is 5.89. The van der Waals surface area contributed by atoms with Crippen LogP contribution in [0.3, 0.4) is 0 Å². The number of benzene rings is 1. The lowest BCUT2D eigenvalue weighted by molar-refractivity contribution is 0.141. The van der Waals surface area contributed by atoms with Crippen molar-refractivity contribution in [2.24, 2.45) is 0 Å². The molecule has 0 N–H and O–H groups in total. The zero-order valence-electron chi connectivity index (χ0n) is 8.53. The molecule has 3 heteroatoms. The summed E-state index contributed by atoms with van der Waals surface area (Å²) in [5, 5.41) is 2.41. The molecular weight excluding hydrogens is 210 g/mol. The van der Waals surface area contributed by atoms with Crippen molar-refractivity contribution in [3.8, 4) is 0 Å². The molecule has 0 radical (unpaired) electrons. The monoisotopic (exact) mass is 223 g/mol. The van der Waals surface area contributed by atoms with Crippen LogP contribution in [0.4, 0.5) is 5.69 Å². The molecule has 0 atom stereocenters. The first-order valence-electron chi connectivity index (χ1n) is 4.65. The Morgan fingerprint density at radius 3 is 2.73 bits per heavy atom. The fourth-order valence-electron chi connectivity index (χ4n) is 1.12. The van der Waals surface area contributed by atoms with E-state index in [1.54, 1.807) is 17.2 Å². The highest BCUT2D eigenvalue weighted by atomic mass is 35.5. The summed E-state index contributed by atoms with van der Waals surface area (Å²) in [7, 11) is 0. The van der Waals surface area contributed by atoms with Crippen molar-refractivity contribution < 1.29 is 4.84 Å². The second-order valence-corrected chi connectivity index (χ2v) is 3.35. The van der Waals surface area contributed by atoms with Crippen LogP contribution in [0.5, 0.6) is 0 Å². The Hall–Kier alpha value is -1.25. The number of halogens is 1. The van der Waals surface area contributed by atoms with E-state index in [1.807, 2.05) is 24.3 Å². The maximum atomic E-state index is 5.89.